The Morgan fingerprint density at radius 1 is 0.818 bits per heavy atom. The van der Waals surface area contributed by atoms with Crippen molar-refractivity contribution >= 4 is 18.1 Å². The van der Waals surface area contributed by atoms with E-state index in [9.17, 15) is 0 Å². The van der Waals surface area contributed by atoms with E-state index in [4.69, 9.17) is 0 Å². The molecule has 2 aromatic carbocycles. The summed E-state index contributed by atoms with van der Waals surface area (Å²) in [6.07, 6.45) is 3.85. The highest BCUT2D eigenvalue weighted by molar-refractivity contribution is 5.88. The number of benzodiazepines with no additional fused rings is 1. The first-order valence-corrected chi connectivity index (χ1v) is 7.55. The Hall–Kier alpha value is -2.46. The van der Waals surface area contributed by atoms with Crippen LogP contribution < -0.4 is 10.6 Å². The van der Waals surface area contributed by atoms with E-state index in [0.29, 0.717) is 0 Å². The third-order valence-electron chi connectivity index (χ3n) is 3.55. The molecule has 2 N–H and O–H groups in total. The maximum Gasteiger partial charge on any atom is 0.0887 e. The molecule has 4 heteroatoms. The number of benzene rings is 2. The van der Waals surface area contributed by atoms with Crippen LogP contribution in [0.2, 0.25) is 0 Å². The van der Waals surface area contributed by atoms with Gasteiger partial charge in [0.15, 0.2) is 0 Å². The third kappa shape index (κ3) is 3.80. The Labute approximate surface area is 131 Å². The van der Waals surface area contributed by atoms with Crippen molar-refractivity contribution in [3.05, 3.63) is 65.2 Å². The normalized spacial score (nSPS) is 15.3. The van der Waals surface area contributed by atoms with Crippen molar-refractivity contribution < 1.29 is 0 Å². The van der Waals surface area contributed by atoms with Gasteiger partial charge >= 0.3 is 0 Å². The van der Waals surface area contributed by atoms with Gasteiger partial charge < -0.3 is 5.32 Å². The van der Waals surface area contributed by atoms with Gasteiger partial charge in [-0.2, -0.15) is 0 Å². The van der Waals surface area contributed by atoms with Gasteiger partial charge in [0, 0.05) is 36.8 Å². The average Bonchev–Trinajstić information content (AvgIpc) is 2.95. The van der Waals surface area contributed by atoms with Crippen LogP contribution in [0.25, 0.3) is 0 Å². The minimum absolute atomic E-state index is 0.731. The molecule has 2 heterocycles. The Morgan fingerprint density at radius 2 is 1.59 bits per heavy atom. The van der Waals surface area contributed by atoms with E-state index in [1.807, 2.05) is 30.6 Å². The predicted molar refractivity (Wildman–Crippen MR) is 93.1 cm³/mol. The molecule has 2 aromatic rings. The van der Waals surface area contributed by atoms with Crippen LogP contribution in [0.5, 0.6) is 0 Å². The zero-order valence-corrected chi connectivity index (χ0v) is 12.5. The molecule has 2 aliphatic heterocycles. The van der Waals surface area contributed by atoms with Crippen molar-refractivity contribution in [3.63, 3.8) is 0 Å². The van der Waals surface area contributed by atoms with Crippen molar-refractivity contribution in [2.24, 2.45) is 9.98 Å². The van der Waals surface area contributed by atoms with Crippen molar-refractivity contribution in [2.75, 3.05) is 25.1 Å². The van der Waals surface area contributed by atoms with Crippen molar-refractivity contribution in [2.45, 2.75) is 6.54 Å². The zero-order chi connectivity index (χ0) is 15.0. The lowest BCUT2D eigenvalue weighted by atomic mass is 10.1. The molecule has 0 radical (unpaired) electrons. The van der Waals surface area contributed by atoms with E-state index in [2.05, 4.69) is 51.0 Å². The number of rotatable bonds is 0. The molecule has 4 nitrogen and oxygen atoms in total. The van der Waals surface area contributed by atoms with Crippen LogP contribution in [0.1, 0.15) is 16.7 Å². The summed E-state index contributed by atoms with van der Waals surface area (Å²) in [6.45, 7) is 3.47. The lowest BCUT2D eigenvalue weighted by Crippen LogP contribution is -2.11. The van der Waals surface area contributed by atoms with Crippen LogP contribution in [0.3, 0.4) is 0 Å². The van der Waals surface area contributed by atoms with Crippen LogP contribution in [0.4, 0.5) is 5.69 Å². The molecule has 112 valence electrons. The number of nitrogens with one attached hydrogen (secondary N) is 2. The second-order valence-corrected chi connectivity index (χ2v) is 5.14. The first kappa shape index (κ1) is 14.5. The molecule has 0 unspecified atom stereocenters. The van der Waals surface area contributed by atoms with Crippen LogP contribution in [-0.2, 0) is 6.54 Å². The zero-order valence-electron chi connectivity index (χ0n) is 12.5. The van der Waals surface area contributed by atoms with E-state index in [1.165, 1.54) is 22.4 Å². The van der Waals surface area contributed by atoms with E-state index in [1.54, 1.807) is 0 Å². The minimum Gasteiger partial charge on any atom is -0.383 e. The van der Waals surface area contributed by atoms with Crippen molar-refractivity contribution in [3.8, 4) is 0 Å². The summed E-state index contributed by atoms with van der Waals surface area (Å²) >= 11 is 0. The van der Waals surface area contributed by atoms with Gasteiger partial charge in [-0.25, -0.2) is 0 Å². The van der Waals surface area contributed by atoms with Crippen LogP contribution in [0.15, 0.2) is 58.5 Å². The molecule has 0 saturated heterocycles. The second-order valence-electron chi connectivity index (χ2n) is 5.14. The van der Waals surface area contributed by atoms with Gasteiger partial charge in [0.05, 0.1) is 13.2 Å². The Balaban J connectivity index is 0.000000131. The van der Waals surface area contributed by atoms with Gasteiger partial charge in [-0.1, -0.05) is 42.5 Å². The Kier molecular flexibility index (Phi) is 4.95. The van der Waals surface area contributed by atoms with Gasteiger partial charge in [0.1, 0.15) is 0 Å². The minimum atomic E-state index is 0.731. The lowest BCUT2D eigenvalue weighted by molar-refractivity contribution is 0.719. The quantitative estimate of drug-likeness (QED) is 0.784. The number of hydrogen-bond acceptors (Lipinski definition) is 4. The molecule has 0 aliphatic carbocycles. The number of fused-ring (bicyclic) bond motifs is 2. The molecular formula is C18H20N4. The monoisotopic (exact) mass is 292 g/mol. The number of hydrogen-bond donors (Lipinski definition) is 2. The molecule has 0 saturated carbocycles. The molecule has 0 amide bonds. The average molecular weight is 292 g/mol. The van der Waals surface area contributed by atoms with Gasteiger partial charge in [-0.15, -0.1) is 0 Å². The van der Waals surface area contributed by atoms with E-state index >= 15 is 0 Å². The van der Waals surface area contributed by atoms with Gasteiger partial charge in [0.25, 0.3) is 0 Å². The third-order valence-corrected chi connectivity index (χ3v) is 3.55. The number of anilines is 1. The van der Waals surface area contributed by atoms with Gasteiger partial charge in [-0.05, 0) is 17.2 Å². The van der Waals surface area contributed by atoms with Gasteiger partial charge in [0.2, 0.25) is 0 Å². The molecule has 4 rings (SSSR count). The first-order valence-electron chi connectivity index (χ1n) is 7.55. The summed E-state index contributed by atoms with van der Waals surface area (Å²) in [6, 6.07) is 16.5. The van der Waals surface area contributed by atoms with E-state index in [-0.39, 0.29) is 0 Å². The fraction of sp³-hybridized carbons (Fsp3) is 0.222. The van der Waals surface area contributed by atoms with Gasteiger partial charge in [-0.3, -0.25) is 15.3 Å². The Bertz CT molecular complexity index is 617. The standard InChI is InChI=1S/2C9H10N2/c1-2-4-9-6-11-7-10-5-8(9)3-1;1-2-4-9-8(3-1)7-10-5-6-11-9/h1-5,11H,6-7H2;1-4,7,11H,5-6H2. The molecule has 0 spiro atoms. The van der Waals surface area contributed by atoms with Crippen LogP contribution >= 0.6 is 0 Å². The molecule has 0 atom stereocenters. The molecule has 2 aliphatic rings. The van der Waals surface area contributed by atoms with Crippen molar-refractivity contribution in [1.29, 1.82) is 0 Å². The fourth-order valence-electron chi connectivity index (χ4n) is 2.41. The van der Waals surface area contributed by atoms with Crippen LogP contribution in [-0.4, -0.2) is 32.2 Å². The summed E-state index contributed by atoms with van der Waals surface area (Å²) < 4.78 is 0. The smallest absolute Gasteiger partial charge is 0.0887 e. The Morgan fingerprint density at radius 3 is 2.55 bits per heavy atom. The first-order chi connectivity index (χ1) is 10.9. The SMILES string of the molecule is C1=NCCNc2ccccc21.C1=NCNCc2ccccc21. The fourth-order valence-corrected chi connectivity index (χ4v) is 2.41. The number of para-hydroxylation sites is 1. The molecule has 22 heavy (non-hydrogen) atoms. The number of nitrogens with zero attached hydrogens (tertiary/aromatic N) is 2. The predicted octanol–water partition coefficient (Wildman–Crippen LogP) is 2.70. The molecular weight excluding hydrogens is 272 g/mol. The van der Waals surface area contributed by atoms with Crippen molar-refractivity contribution in [1.82, 2.24) is 5.32 Å². The highest BCUT2D eigenvalue weighted by Crippen LogP contribution is 2.13. The van der Waals surface area contributed by atoms with Crippen LogP contribution in [0, 0.1) is 0 Å². The summed E-state index contributed by atoms with van der Waals surface area (Å²) in [4.78, 5) is 8.40. The summed E-state index contributed by atoms with van der Waals surface area (Å²) in [5.41, 5.74) is 4.94. The largest absolute Gasteiger partial charge is 0.383 e. The van der Waals surface area contributed by atoms with E-state index in [0.717, 1.165) is 26.3 Å². The maximum atomic E-state index is 4.22. The number of aliphatic imine (C=N–C) groups is 2. The lowest BCUT2D eigenvalue weighted by Gasteiger charge is -2.03. The van der Waals surface area contributed by atoms with E-state index < -0.39 is 0 Å². The summed E-state index contributed by atoms with van der Waals surface area (Å²) in [5, 5.41) is 6.51. The molecule has 0 bridgehead atoms. The summed E-state index contributed by atoms with van der Waals surface area (Å²) in [7, 11) is 0. The molecule has 0 fully saturated rings. The molecule has 0 aromatic heterocycles. The maximum absolute atomic E-state index is 4.22. The second kappa shape index (κ2) is 7.52. The topological polar surface area (TPSA) is 48.8 Å². The highest BCUT2D eigenvalue weighted by Gasteiger charge is 2.00. The highest BCUT2D eigenvalue weighted by atomic mass is 15.0. The summed E-state index contributed by atoms with van der Waals surface area (Å²) in [5.74, 6) is 0.